The van der Waals surface area contributed by atoms with Gasteiger partial charge in [0.05, 0.1) is 13.2 Å². The molecular weight excluding hydrogens is 332 g/mol. The minimum atomic E-state index is -4.48. The maximum absolute atomic E-state index is 10.7. The van der Waals surface area contributed by atoms with E-state index in [1.165, 1.54) is 13.8 Å². The molecule has 0 aliphatic carbocycles. The summed E-state index contributed by atoms with van der Waals surface area (Å²) in [6.07, 6.45) is -1.19. The van der Waals surface area contributed by atoms with Crippen molar-refractivity contribution in [2.45, 2.75) is 43.7 Å². The van der Waals surface area contributed by atoms with Crippen molar-refractivity contribution < 1.29 is 46.0 Å². The molecule has 0 aliphatic heterocycles. The third-order valence-electron chi connectivity index (χ3n) is 2.06. The Hall–Kier alpha value is -0.340. The lowest BCUT2D eigenvalue weighted by molar-refractivity contribution is 0.0450. The molecule has 0 saturated heterocycles. The maximum atomic E-state index is 10.7. The van der Waals surface area contributed by atoms with E-state index in [1.807, 2.05) is 0 Å². The fourth-order valence-electron chi connectivity index (χ4n) is 0.981. The molecule has 21 heavy (non-hydrogen) atoms. The van der Waals surface area contributed by atoms with Crippen molar-refractivity contribution in [3.8, 4) is 0 Å². The van der Waals surface area contributed by atoms with E-state index in [9.17, 15) is 16.8 Å². The van der Waals surface area contributed by atoms with Crippen LogP contribution in [0.2, 0.25) is 0 Å². The molecule has 10 nitrogen and oxygen atoms in total. The van der Waals surface area contributed by atoms with Gasteiger partial charge < -0.3 is 20.1 Å². The highest BCUT2D eigenvalue weighted by Gasteiger charge is 2.30. The topological polar surface area (TPSA) is 179 Å². The zero-order valence-electron chi connectivity index (χ0n) is 11.7. The fraction of sp³-hybridized carbons (Fsp3) is 1.00. The average Bonchev–Trinajstić information content (AvgIpc) is 2.36. The predicted octanol–water partition coefficient (Wildman–Crippen LogP) is -1.42. The lowest BCUT2D eigenvalue weighted by atomic mass is 10.4. The highest BCUT2D eigenvalue weighted by atomic mass is 32.2. The van der Waals surface area contributed by atoms with E-state index in [4.69, 9.17) is 24.4 Å². The zero-order chi connectivity index (χ0) is 17.3. The molecule has 0 spiro atoms. The number of hydrogen-bond acceptors (Lipinski definition) is 8. The molecule has 0 heterocycles. The lowest BCUT2D eigenvalue weighted by Crippen LogP contribution is -2.32. The number of ether oxygens (including phenoxy) is 1. The van der Waals surface area contributed by atoms with Gasteiger partial charge in [-0.2, -0.15) is 16.8 Å². The SMILES string of the molecule is CCC(OC(CC)S(=O)(=O)O)S(=O)(=O)O.OCC(O)CO. The molecule has 5 N–H and O–H groups in total. The van der Waals surface area contributed by atoms with Gasteiger partial charge >= 0.3 is 0 Å². The minimum absolute atomic E-state index is 0.120. The molecule has 130 valence electrons. The molecule has 0 radical (unpaired) electrons. The number of aliphatic hydroxyl groups is 3. The van der Waals surface area contributed by atoms with Crippen LogP contribution in [0.25, 0.3) is 0 Å². The van der Waals surface area contributed by atoms with Crippen LogP contribution >= 0.6 is 0 Å². The molecule has 2 atom stereocenters. The summed E-state index contributed by atoms with van der Waals surface area (Å²) in [4.78, 5) is 0. The van der Waals surface area contributed by atoms with Crippen LogP contribution in [0.1, 0.15) is 26.7 Å². The zero-order valence-corrected chi connectivity index (χ0v) is 13.3. The van der Waals surface area contributed by atoms with Crippen molar-refractivity contribution in [2.75, 3.05) is 13.2 Å². The Labute approximate surface area is 123 Å². The summed E-state index contributed by atoms with van der Waals surface area (Å²) in [5, 5.41) is 24.0. The van der Waals surface area contributed by atoms with Crippen LogP contribution in [0.5, 0.6) is 0 Å². The Morgan fingerprint density at radius 2 is 1.14 bits per heavy atom. The number of rotatable bonds is 8. The second-order valence-electron chi connectivity index (χ2n) is 3.86. The van der Waals surface area contributed by atoms with Gasteiger partial charge in [-0.1, -0.05) is 13.8 Å². The molecule has 0 aliphatic rings. The number of hydrogen-bond donors (Lipinski definition) is 5. The molecule has 0 rings (SSSR count). The molecule has 0 amide bonds. The molecule has 0 saturated carbocycles. The van der Waals surface area contributed by atoms with E-state index in [1.54, 1.807) is 0 Å². The van der Waals surface area contributed by atoms with Gasteiger partial charge in [0.1, 0.15) is 6.10 Å². The number of aliphatic hydroxyl groups excluding tert-OH is 3. The first-order chi connectivity index (χ1) is 9.43. The van der Waals surface area contributed by atoms with E-state index < -0.39 is 37.2 Å². The Morgan fingerprint density at radius 1 is 0.857 bits per heavy atom. The Kier molecular flexibility index (Phi) is 11.4. The van der Waals surface area contributed by atoms with E-state index in [0.717, 1.165) is 0 Å². The normalized spacial score (nSPS) is 15.2. The standard InChI is InChI=1S/C6H14O7S2.C3H8O3/c1-3-5(14(7,8)9)13-6(4-2)15(10,11)12;4-1-3(6)2-5/h5-6H,3-4H2,1-2H3,(H,7,8,9)(H,10,11,12);3-6H,1-2H2. The van der Waals surface area contributed by atoms with Crippen LogP contribution in [0.3, 0.4) is 0 Å². The molecule has 0 fully saturated rings. The molecule has 0 aromatic heterocycles. The van der Waals surface area contributed by atoms with Gasteiger partial charge in [-0.05, 0) is 12.8 Å². The van der Waals surface area contributed by atoms with Gasteiger partial charge in [-0.3, -0.25) is 9.11 Å². The molecule has 0 aromatic rings. The Balaban J connectivity index is 0. The van der Waals surface area contributed by atoms with E-state index in [0.29, 0.717) is 0 Å². The van der Waals surface area contributed by atoms with Gasteiger partial charge in [-0.25, -0.2) is 0 Å². The van der Waals surface area contributed by atoms with E-state index in [2.05, 4.69) is 4.74 Å². The van der Waals surface area contributed by atoms with Crippen LogP contribution in [0, 0.1) is 0 Å². The summed E-state index contributed by atoms with van der Waals surface area (Å²) >= 11 is 0. The molecule has 2 unspecified atom stereocenters. The summed E-state index contributed by atoms with van der Waals surface area (Å²) in [6.45, 7) is 2.07. The van der Waals surface area contributed by atoms with Crippen molar-refractivity contribution >= 4 is 20.2 Å². The Bertz CT molecular complexity index is 415. The highest BCUT2D eigenvalue weighted by molar-refractivity contribution is 7.87. The van der Waals surface area contributed by atoms with Crippen molar-refractivity contribution in [2.24, 2.45) is 0 Å². The van der Waals surface area contributed by atoms with Gasteiger partial charge in [-0.15, -0.1) is 0 Å². The first kappa shape index (κ1) is 22.9. The van der Waals surface area contributed by atoms with Gasteiger partial charge in [0.25, 0.3) is 20.2 Å². The largest absolute Gasteiger partial charge is 0.394 e. The molecule has 0 bridgehead atoms. The summed E-state index contributed by atoms with van der Waals surface area (Å²) in [5.74, 6) is 0. The van der Waals surface area contributed by atoms with Crippen molar-refractivity contribution in [3.63, 3.8) is 0 Å². The molecule has 0 aromatic carbocycles. The van der Waals surface area contributed by atoms with Crippen molar-refractivity contribution in [1.82, 2.24) is 0 Å². The summed E-state index contributed by atoms with van der Waals surface area (Å²) in [7, 11) is -8.96. The van der Waals surface area contributed by atoms with Crippen LogP contribution < -0.4 is 0 Å². The van der Waals surface area contributed by atoms with Gasteiger partial charge in [0.2, 0.25) is 0 Å². The van der Waals surface area contributed by atoms with Crippen molar-refractivity contribution in [3.05, 3.63) is 0 Å². The smallest absolute Gasteiger partial charge is 0.292 e. The highest BCUT2D eigenvalue weighted by Crippen LogP contribution is 2.14. The third-order valence-corrected chi connectivity index (χ3v) is 4.27. The summed E-state index contributed by atoms with van der Waals surface area (Å²) in [6, 6.07) is 0. The van der Waals surface area contributed by atoms with Crippen molar-refractivity contribution in [1.29, 1.82) is 0 Å². The fourth-order valence-corrected chi connectivity index (χ4v) is 2.44. The minimum Gasteiger partial charge on any atom is -0.394 e. The summed E-state index contributed by atoms with van der Waals surface area (Å²) in [5.41, 5.74) is -3.30. The van der Waals surface area contributed by atoms with Crippen LogP contribution in [0.4, 0.5) is 0 Å². The lowest BCUT2D eigenvalue weighted by Gasteiger charge is -2.18. The second-order valence-corrected chi connectivity index (χ2v) is 6.97. The predicted molar refractivity (Wildman–Crippen MR) is 72.5 cm³/mol. The van der Waals surface area contributed by atoms with Crippen LogP contribution in [0.15, 0.2) is 0 Å². The second kappa shape index (κ2) is 10.4. The quantitative estimate of drug-likeness (QED) is 0.325. The van der Waals surface area contributed by atoms with Gasteiger partial charge in [0, 0.05) is 0 Å². The first-order valence-electron chi connectivity index (χ1n) is 5.91. The maximum Gasteiger partial charge on any atom is 0.292 e. The Morgan fingerprint density at radius 3 is 1.24 bits per heavy atom. The first-order valence-corrected chi connectivity index (χ1v) is 8.92. The van der Waals surface area contributed by atoms with E-state index in [-0.39, 0.29) is 26.1 Å². The van der Waals surface area contributed by atoms with E-state index >= 15 is 0 Å². The summed E-state index contributed by atoms with van der Waals surface area (Å²) < 4.78 is 64.7. The third kappa shape index (κ3) is 11.0. The molecular formula is C9H22O10S2. The van der Waals surface area contributed by atoms with Gasteiger partial charge in [0.15, 0.2) is 10.9 Å². The average molecular weight is 354 g/mol. The van der Waals surface area contributed by atoms with Crippen LogP contribution in [-0.4, -0.2) is 71.5 Å². The van der Waals surface area contributed by atoms with Crippen LogP contribution in [-0.2, 0) is 25.0 Å². The monoisotopic (exact) mass is 354 g/mol. The molecule has 12 heteroatoms.